The van der Waals surface area contributed by atoms with Gasteiger partial charge in [0.1, 0.15) is 7.85 Å². The number of nitrogens with two attached hydrogens (primary N) is 1. The Hall–Kier alpha value is -1.03. The average molecular weight is 464 g/mol. The molecule has 3 saturated carbocycles. The number of carboxylic acid groups (broad SMARTS) is 1. The number of rotatable bonds is 2. The lowest BCUT2D eigenvalue weighted by Crippen LogP contribution is -2.58. The summed E-state index contributed by atoms with van der Waals surface area (Å²) in [6.45, 7) is 14.9. The maximum atomic E-state index is 12.7. The highest BCUT2D eigenvalue weighted by Gasteiger charge is 2.65. The van der Waals surface area contributed by atoms with Crippen molar-refractivity contribution in [2.75, 3.05) is 6.54 Å². The summed E-state index contributed by atoms with van der Waals surface area (Å²) in [5, 5.41) is 10.5. The van der Waals surface area contributed by atoms with Gasteiger partial charge in [0.15, 0.2) is 0 Å². The quantitative estimate of drug-likeness (QED) is 0.357. The predicted molar refractivity (Wildman–Crippen MR) is 139 cm³/mol. The summed E-state index contributed by atoms with van der Waals surface area (Å²) in [6, 6.07) is 0. The van der Waals surface area contributed by atoms with Crippen LogP contribution in [0.4, 0.5) is 0 Å². The van der Waals surface area contributed by atoms with Crippen molar-refractivity contribution < 1.29 is 9.90 Å². The van der Waals surface area contributed by atoms with E-state index in [-0.39, 0.29) is 27.6 Å². The van der Waals surface area contributed by atoms with Crippen molar-refractivity contribution in [1.82, 2.24) is 0 Å². The first-order valence-corrected chi connectivity index (χ1v) is 13.9. The summed E-state index contributed by atoms with van der Waals surface area (Å²) in [5.74, 6) is 0.882. The van der Waals surface area contributed by atoms with Crippen LogP contribution in [-0.2, 0) is 4.79 Å². The number of carbonyl (C=O) groups is 1. The van der Waals surface area contributed by atoms with Crippen LogP contribution in [0.2, 0.25) is 0 Å². The normalized spacial score (nSPS) is 45.1. The lowest BCUT2D eigenvalue weighted by Gasteiger charge is -2.65. The van der Waals surface area contributed by atoms with Gasteiger partial charge in [0.2, 0.25) is 0 Å². The lowest BCUT2D eigenvalue weighted by atomic mass is 9.38. The van der Waals surface area contributed by atoms with Crippen LogP contribution in [0.5, 0.6) is 0 Å². The third-order valence-electron chi connectivity index (χ3n) is 12.0. The molecule has 0 heterocycles. The maximum absolute atomic E-state index is 12.7. The molecule has 3 nitrogen and oxygen atoms in total. The Bertz CT molecular complexity index is 976. The summed E-state index contributed by atoms with van der Waals surface area (Å²) < 4.78 is 0. The third-order valence-corrected chi connectivity index (χ3v) is 12.0. The number of fused-ring (bicyclic) bond motifs is 6. The molecule has 0 aliphatic heterocycles. The smallest absolute Gasteiger partial charge is 0.310 e. The number of hydrogen-bond acceptors (Lipinski definition) is 2. The molecule has 0 aromatic carbocycles. The SMILES string of the molecule is [B]C1=C(CN)C[C@]2(C)CCC3=C4C5CC(C)(C)CC[C@]5(C(=O)O)CC[C@@]4(C)[C@H]3CC[C@H]2C1(C)C. The van der Waals surface area contributed by atoms with Gasteiger partial charge in [-0.1, -0.05) is 58.3 Å². The molecule has 3 fully saturated rings. The Kier molecular flexibility index (Phi) is 5.44. The highest BCUT2D eigenvalue weighted by atomic mass is 16.4. The molecule has 4 heteroatoms. The zero-order valence-electron chi connectivity index (χ0n) is 22.5. The van der Waals surface area contributed by atoms with Crippen LogP contribution >= 0.6 is 0 Å². The summed E-state index contributed by atoms with van der Waals surface area (Å²) >= 11 is 0. The Morgan fingerprint density at radius 1 is 1.00 bits per heavy atom. The van der Waals surface area contributed by atoms with Crippen molar-refractivity contribution >= 4 is 13.8 Å². The van der Waals surface area contributed by atoms with Crippen LogP contribution in [0.15, 0.2) is 22.2 Å². The van der Waals surface area contributed by atoms with E-state index in [0.29, 0.717) is 18.4 Å². The Morgan fingerprint density at radius 2 is 1.68 bits per heavy atom. The van der Waals surface area contributed by atoms with Crippen molar-refractivity contribution in [3.8, 4) is 0 Å². The molecule has 5 aliphatic carbocycles. The van der Waals surface area contributed by atoms with Gasteiger partial charge in [-0.2, -0.15) is 0 Å². The predicted octanol–water partition coefficient (Wildman–Crippen LogP) is 6.62. The van der Waals surface area contributed by atoms with Gasteiger partial charge in [-0.3, -0.25) is 4.79 Å². The van der Waals surface area contributed by atoms with Crippen LogP contribution in [0.3, 0.4) is 0 Å². The van der Waals surface area contributed by atoms with Crippen LogP contribution < -0.4 is 5.73 Å². The zero-order chi connectivity index (χ0) is 24.9. The third kappa shape index (κ3) is 3.15. The number of carboxylic acids is 1. The summed E-state index contributed by atoms with van der Waals surface area (Å²) in [5.41, 5.74) is 11.8. The van der Waals surface area contributed by atoms with Gasteiger partial charge < -0.3 is 10.8 Å². The molecule has 186 valence electrons. The Labute approximate surface area is 208 Å². The molecule has 5 rings (SSSR count). The molecular formula is C30H46BNO2. The molecule has 0 aromatic heterocycles. The van der Waals surface area contributed by atoms with Crippen LogP contribution in [0, 0.1) is 44.8 Å². The van der Waals surface area contributed by atoms with Crippen molar-refractivity contribution in [1.29, 1.82) is 0 Å². The molecule has 6 atom stereocenters. The average Bonchev–Trinajstić information content (AvgIpc) is 2.73. The molecule has 5 aliphatic rings. The monoisotopic (exact) mass is 463 g/mol. The van der Waals surface area contributed by atoms with Gasteiger partial charge in [0, 0.05) is 6.54 Å². The highest BCUT2D eigenvalue weighted by molar-refractivity contribution is 6.23. The topological polar surface area (TPSA) is 63.3 Å². The van der Waals surface area contributed by atoms with E-state index in [4.69, 9.17) is 13.6 Å². The second kappa shape index (κ2) is 7.50. The molecule has 0 spiro atoms. The molecule has 3 N–H and O–H groups in total. The van der Waals surface area contributed by atoms with Crippen molar-refractivity contribution in [2.24, 2.45) is 50.6 Å². The van der Waals surface area contributed by atoms with Crippen LogP contribution in [-0.4, -0.2) is 25.5 Å². The summed E-state index contributed by atoms with van der Waals surface area (Å²) in [6.07, 6.45) is 10.5. The van der Waals surface area contributed by atoms with E-state index in [1.165, 1.54) is 24.8 Å². The zero-order valence-corrected chi connectivity index (χ0v) is 22.5. The summed E-state index contributed by atoms with van der Waals surface area (Å²) in [7, 11) is 6.71. The minimum atomic E-state index is -0.535. The van der Waals surface area contributed by atoms with E-state index < -0.39 is 11.4 Å². The molecular weight excluding hydrogens is 417 g/mol. The molecule has 0 amide bonds. The fourth-order valence-corrected chi connectivity index (χ4v) is 10.0. The van der Waals surface area contributed by atoms with Crippen molar-refractivity contribution in [3.63, 3.8) is 0 Å². The van der Waals surface area contributed by atoms with Gasteiger partial charge in [0.05, 0.1) is 5.41 Å². The number of aliphatic carboxylic acids is 1. The first kappa shape index (κ1) is 24.7. The van der Waals surface area contributed by atoms with Gasteiger partial charge in [-0.15, -0.1) is 5.47 Å². The number of hydrogen-bond donors (Lipinski definition) is 2. The van der Waals surface area contributed by atoms with E-state index >= 15 is 0 Å². The van der Waals surface area contributed by atoms with Crippen molar-refractivity contribution in [3.05, 3.63) is 22.2 Å². The first-order chi connectivity index (χ1) is 15.7. The maximum Gasteiger partial charge on any atom is 0.310 e. The Morgan fingerprint density at radius 3 is 2.32 bits per heavy atom. The van der Waals surface area contributed by atoms with E-state index in [2.05, 4.69) is 41.5 Å². The molecule has 2 radical (unpaired) electrons. The second-order valence-electron chi connectivity index (χ2n) is 14.7. The Balaban J connectivity index is 1.55. The largest absolute Gasteiger partial charge is 0.481 e. The van der Waals surface area contributed by atoms with Gasteiger partial charge in [-0.25, -0.2) is 0 Å². The van der Waals surface area contributed by atoms with Gasteiger partial charge in [-0.05, 0) is 104 Å². The lowest BCUT2D eigenvalue weighted by molar-refractivity contribution is -0.162. The second-order valence-corrected chi connectivity index (χ2v) is 14.7. The fourth-order valence-electron chi connectivity index (χ4n) is 10.0. The van der Waals surface area contributed by atoms with E-state index in [9.17, 15) is 9.90 Å². The molecule has 0 bridgehead atoms. The van der Waals surface area contributed by atoms with E-state index in [0.717, 1.165) is 50.4 Å². The van der Waals surface area contributed by atoms with Gasteiger partial charge in [0.25, 0.3) is 0 Å². The first-order valence-electron chi connectivity index (χ1n) is 13.9. The van der Waals surface area contributed by atoms with Gasteiger partial charge >= 0.3 is 5.97 Å². The molecule has 0 saturated heterocycles. The number of allylic oxidation sites excluding steroid dienone is 3. The standard InChI is InChI=1S/C30H46BNO2/c1-26(2)11-13-30(25(33)34)14-12-29(6)20-7-8-22-27(3,4)24(31)18(17-32)15-28(22,5)10-9-19(20)23(29)21(30)16-26/h20-22H,7-17,32H2,1-6H3,(H,33,34)/t20-,21?,22-,28-,29-,30-/m0/s1. The fraction of sp³-hybridized carbons (Fsp3) is 0.833. The minimum absolute atomic E-state index is 0.0190. The van der Waals surface area contributed by atoms with Crippen molar-refractivity contribution in [2.45, 2.75) is 106 Å². The molecule has 0 aromatic rings. The van der Waals surface area contributed by atoms with E-state index in [1.54, 1.807) is 11.1 Å². The van der Waals surface area contributed by atoms with Crippen LogP contribution in [0.25, 0.3) is 0 Å². The minimum Gasteiger partial charge on any atom is -0.481 e. The summed E-state index contributed by atoms with van der Waals surface area (Å²) in [4.78, 5) is 12.7. The van der Waals surface area contributed by atoms with E-state index in [1.807, 2.05) is 0 Å². The van der Waals surface area contributed by atoms with Crippen LogP contribution in [0.1, 0.15) is 106 Å². The highest BCUT2D eigenvalue weighted by Crippen LogP contribution is 2.72. The molecule has 1 unspecified atom stereocenters. The molecule has 34 heavy (non-hydrogen) atoms.